The maximum Gasteiger partial charge on any atom is 0.315 e. The molecule has 1 saturated heterocycles. The van der Waals surface area contributed by atoms with Gasteiger partial charge in [0.25, 0.3) is 0 Å². The Hall–Kier alpha value is -1.46. The van der Waals surface area contributed by atoms with Gasteiger partial charge in [0.1, 0.15) is 11.0 Å². The van der Waals surface area contributed by atoms with Gasteiger partial charge in [-0.15, -0.1) is 6.58 Å². The SMILES string of the molecule is C=C[C@]1(C)C=C2C3(CO3)C(=O)[C@H]3C(C)(C)CCC[C@]3(C(=O)OC)[C@@]2(OC)CC1. The van der Waals surface area contributed by atoms with Gasteiger partial charge in [0.2, 0.25) is 0 Å². The fourth-order valence-corrected chi connectivity index (χ4v) is 6.65. The number of allylic oxidation sites excluding steroid dienone is 2. The summed E-state index contributed by atoms with van der Waals surface area (Å²) >= 11 is 0. The van der Waals surface area contributed by atoms with Crippen molar-refractivity contribution in [1.29, 1.82) is 0 Å². The molecule has 154 valence electrons. The smallest absolute Gasteiger partial charge is 0.315 e. The highest BCUT2D eigenvalue weighted by atomic mass is 16.6. The summed E-state index contributed by atoms with van der Waals surface area (Å²) in [5.41, 5.74) is -2.65. The monoisotopic (exact) mass is 388 g/mol. The normalized spacial score (nSPS) is 46.2. The van der Waals surface area contributed by atoms with E-state index in [1.54, 1.807) is 7.11 Å². The summed E-state index contributed by atoms with van der Waals surface area (Å²) in [6, 6.07) is 0. The Kier molecular flexibility index (Phi) is 4.10. The summed E-state index contributed by atoms with van der Waals surface area (Å²) in [5, 5.41) is 0. The first kappa shape index (κ1) is 19.8. The first-order chi connectivity index (χ1) is 13.1. The van der Waals surface area contributed by atoms with E-state index in [4.69, 9.17) is 14.2 Å². The van der Waals surface area contributed by atoms with Crippen molar-refractivity contribution in [2.45, 2.75) is 64.1 Å². The van der Waals surface area contributed by atoms with Crippen LogP contribution in [0.4, 0.5) is 0 Å². The molecule has 2 saturated carbocycles. The molecule has 0 amide bonds. The maximum absolute atomic E-state index is 13.9. The lowest BCUT2D eigenvalue weighted by Crippen LogP contribution is -2.73. The van der Waals surface area contributed by atoms with Crippen molar-refractivity contribution in [2.75, 3.05) is 20.8 Å². The van der Waals surface area contributed by atoms with Crippen LogP contribution in [0.3, 0.4) is 0 Å². The molecule has 5 nitrogen and oxygen atoms in total. The second-order valence-electron chi connectivity index (χ2n) is 10.0. The molecule has 4 aliphatic rings. The highest BCUT2D eigenvalue weighted by Crippen LogP contribution is 2.70. The van der Waals surface area contributed by atoms with Crippen LogP contribution in [0.25, 0.3) is 0 Å². The molecule has 0 N–H and O–H groups in total. The van der Waals surface area contributed by atoms with Crippen LogP contribution in [0, 0.1) is 22.2 Å². The van der Waals surface area contributed by atoms with E-state index < -0.39 is 22.5 Å². The molecule has 0 aromatic carbocycles. The number of carbonyl (C=O) groups is 2. The number of fused-ring (bicyclic) bond motifs is 4. The third kappa shape index (κ3) is 2.10. The molecule has 0 bridgehead atoms. The van der Waals surface area contributed by atoms with E-state index in [-0.39, 0.29) is 22.6 Å². The molecule has 28 heavy (non-hydrogen) atoms. The Morgan fingerprint density at radius 2 is 1.89 bits per heavy atom. The zero-order valence-corrected chi connectivity index (χ0v) is 17.7. The summed E-state index contributed by atoms with van der Waals surface area (Å²) in [4.78, 5) is 27.4. The Labute approximate surface area is 167 Å². The summed E-state index contributed by atoms with van der Waals surface area (Å²) in [6.45, 7) is 10.7. The van der Waals surface area contributed by atoms with E-state index >= 15 is 0 Å². The Morgan fingerprint density at radius 3 is 2.43 bits per heavy atom. The standard InChI is InChI=1S/C23H32O5/c1-7-20(4)11-12-23(27-6)15(13-20)22(14-28-22)17(24)16-19(2,3)9-8-10-21(16,23)18(25)26-5/h7,13,16H,1,8-12,14H2,2-6H3/t16-,20-,21-,22?,23+/m0/s1. The predicted molar refractivity (Wildman–Crippen MR) is 105 cm³/mol. The van der Waals surface area contributed by atoms with Crippen molar-refractivity contribution in [1.82, 2.24) is 0 Å². The summed E-state index contributed by atoms with van der Waals surface area (Å²) < 4.78 is 17.6. The van der Waals surface area contributed by atoms with Crippen molar-refractivity contribution in [3.05, 3.63) is 24.3 Å². The van der Waals surface area contributed by atoms with Crippen LogP contribution in [0.1, 0.15) is 52.9 Å². The van der Waals surface area contributed by atoms with E-state index in [9.17, 15) is 9.59 Å². The molecule has 1 spiro atoms. The van der Waals surface area contributed by atoms with E-state index in [1.165, 1.54) is 7.11 Å². The molecule has 1 heterocycles. The number of hydrogen-bond donors (Lipinski definition) is 0. The van der Waals surface area contributed by atoms with E-state index in [2.05, 4.69) is 33.4 Å². The van der Waals surface area contributed by atoms with Crippen molar-refractivity contribution in [2.24, 2.45) is 22.2 Å². The number of rotatable bonds is 3. The molecule has 1 aliphatic heterocycles. The lowest BCUT2D eigenvalue weighted by atomic mass is 9.40. The fourth-order valence-electron chi connectivity index (χ4n) is 6.65. The minimum absolute atomic E-state index is 0.0230. The van der Waals surface area contributed by atoms with Crippen molar-refractivity contribution in [3.63, 3.8) is 0 Å². The van der Waals surface area contributed by atoms with Crippen LogP contribution in [0.5, 0.6) is 0 Å². The van der Waals surface area contributed by atoms with E-state index in [0.717, 1.165) is 24.8 Å². The van der Waals surface area contributed by atoms with Gasteiger partial charge in [-0.1, -0.05) is 39.3 Å². The molecule has 1 unspecified atom stereocenters. The van der Waals surface area contributed by atoms with Gasteiger partial charge in [0.15, 0.2) is 11.4 Å². The van der Waals surface area contributed by atoms with Gasteiger partial charge in [-0.25, -0.2) is 0 Å². The highest BCUT2D eigenvalue weighted by molar-refractivity contribution is 6.03. The molecule has 3 fully saturated rings. The van der Waals surface area contributed by atoms with Crippen molar-refractivity contribution >= 4 is 11.8 Å². The number of epoxide rings is 1. The highest BCUT2D eigenvalue weighted by Gasteiger charge is 2.80. The van der Waals surface area contributed by atoms with Gasteiger partial charge in [-0.05, 0) is 31.1 Å². The summed E-state index contributed by atoms with van der Waals surface area (Å²) in [7, 11) is 3.08. The van der Waals surface area contributed by atoms with Crippen LogP contribution in [-0.4, -0.2) is 43.8 Å². The lowest BCUT2D eigenvalue weighted by molar-refractivity contribution is -0.216. The van der Waals surface area contributed by atoms with Crippen molar-refractivity contribution < 1.29 is 23.8 Å². The summed E-state index contributed by atoms with van der Waals surface area (Å²) in [6.07, 6.45) is 7.79. The second-order valence-corrected chi connectivity index (χ2v) is 10.0. The molecule has 0 radical (unpaired) electrons. The lowest BCUT2D eigenvalue weighted by Gasteiger charge is -2.63. The zero-order chi connectivity index (χ0) is 20.6. The number of methoxy groups -OCH3 is 2. The number of ketones is 1. The quantitative estimate of drug-likeness (QED) is 0.420. The largest absolute Gasteiger partial charge is 0.468 e. The van der Waals surface area contributed by atoms with Gasteiger partial charge in [-0.2, -0.15) is 0 Å². The van der Waals surface area contributed by atoms with Crippen molar-refractivity contribution in [3.8, 4) is 0 Å². The van der Waals surface area contributed by atoms with Crippen LogP contribution in [0.2, 0.25) is 0 Å². The first-order valence-corrected chi connectivity index (χ1v) is 10.3. The van der Waals surface area contributed by atoms with Gasteiger partial charge < -0.3 is 14.2 Å². The van der Waals surface area contributed by atoms with Gasteiger partial charge in [0, 0.05) is 24.0 Å². The third-order valence-corrected chi connectivity index (χ3v) is 8.20. The van der Waals surface area contributed by atoms with Crippen LogP contribution >= 0.6 is 0 Å². The second kappa shape index (κ2) is 5.79. The Balaban J connectivity index is 2.06. The minimum Gasteiger partial charge on any atom is -0.468 e. The number of carbonyl (C=O) groups excluding carboxylic acids is 2. The summed E-state index contributed by atoms with van der Waals surface area (Å²) in [5.74, 6) is -0.798. The van der Waals surface area contributed by atoms with E-state index in [1.807, 2.05) is 6.08 Å². The first-order valence-electron chi connectivity index (χ1n) is 10.3. The Bertz CT molecular complexity index is 776. The van der Waals surface area contributed by atoms with Crippen LogP contribution in [-0.2, 0) is 23.8 Å². The number of hydrogen-bond acceptors (Lipinski definition) is 5. The van der Waals surface area contributed by atoms with Gasteiger partial charge in [-0.3, -0.25) is 9.59 Å². The molecular formula is C23H32O5. The predicted octanol–water partition coefficient (Wildman–Crippen LogP) is 3.62. The maximum atomic E-state index is 13.9. The topological polar surface area (TPSA) is 65.1 Å². The molecular weight excluding hydrogens is 356 g/mol. The van der Waals surface area contributed by atoms with Gasteiger partial charge >= 0.3 is 5.97 Å². The Morgan fingerprint density at radius 1 is 1.21 bits per heavy atom. The van der Waals surface area contributed by atoms with Gasteiger partial charge in [0.05, 0.1) is 13.7 Å². The molecule has 0 aromatic heterocycles. The minimum atomic E-state index is -1.03. The zero-order valence-electron chi connectivity index (χ0n) is 17.7. The third-order valence-electron chi connectivity index (χ3n) is 8.20. The number of Topliss-reactive ketones (excluding diaryl/α,β-unsaturated/α-hetero) is 1. The number of esters is 1. The molecule has 3 aliphatic carbocycles. The molecule has 4 rings (SSSR count). The molecule has 5 atom stereocenters. The van der Waals surface area contributed by atoms with Crippen LogP contribution in [0.15, 0.2) is 24.3 Å². The molecule has 5 heteroatoms. The molecule has 0 aromatic rings. The number of ether oxygens (including phenoxy) is 3. The fraction of sp³-hybridized carbons (Fsp3) is 0.739. The van der Waals surface area contributed by atoms with E-state index in [0.29, 0.717) is 19.4 Å². The average Bonchev–Trinajstić information content (AvgIpc) is 3.47. The van der Waals surface area contributed by atoms with Crippen LogP contribution < -0.4 is 0 Å². The average molecular weight is 389 g/mol.